The molecule has 0 spiro atoms. The lowest BCUT2D eigenvalue weighted by Gasteiger charge is -2.01. The molecular weight excluding hydrogens is 214 g/mol. The van der Waals surface area contributed by atoms with Crippen LogP contribution >= 0.6 is 11.8 Å². The van der Waals surface area contributed by atoms with Gasteiger partial charge in [0.1, 0.15) is 0 Å². The van der Waals surface area contributed by atoms with E-state index in [1.165, 1.54) is 0 Å². The molecule has 6 heteroatoms. The van der Waals surface area contributed by atoms with Gasteiger partial charge in [-0.3, -0.25) is 4.57 Å². The van der Waals surface area contributed by atoms with E-state index in [0.717, 1.165) is 18.8 Å². The first-order valence-electron chi connectivity index (χ1n) is 4.67. The van der Waals surface area contributed by atoms with Crippen LogP contribution in [0.4, 0.5) is 0 Å². The Bertz CT molecular complexity index is 358. The average Bonchev–Trinajstić information content (AvgIpc) is 2.57. The van der Waals surface area contributed by atoms with Crippen LogP contribution in [-0.4, -0.2) is 34.2 Å². The van der Waals surface area contributed by atoms with Gasteiger partial charge in [0.05, 0.1) is 0 Å². The number of ether oxygens (including phenoxy) is 1. The lowest BCUT2D eigenvalue weighted by Crippen LogP contribution is -2.16. The molecular formula is C9H15N3O2S. The van der Waals surface area contributed by atoms with Crippen molar-refractivity contribution in [2.24, 2.45) is 0 Å². The molecule has 5 nitrogen and oxygen atoms in total. The van der Waals surface area contributed by atoms with E-state index in [-0.39, 0.29) is 5.69 Å². The van der Waals surface area contributed by atoms with E-state index in [4.69, 9.17) is 4.74 Å². The van der Waals surface area contributed by atoms with Crippen LogP contribution in [0.2, 0.25) is 0 Å². The van der Waals surface area contributed by atoms with Gasteiger partial charge in [0.25, 0.3) is 0 Å². The molecule has 0 aliphatic carbocycles. The smallest absolute Gasteiger partial charge is 0.344 e. The molecule has 0 amide bonds. The quantitative estimate of drug-likeness (QED) is 0.428. The number of hydrogen-bond acceptors (Lipinski definition) is 4. The highest BCUT2D eigenvalue weighted by Gasteiger charge is 2.06. The Balaban J connectivity index is 2.52. The van der Waals surface area contributed by atoms with Crippen molar-refractivity contribution in [2.45, 2.75) is 18.1 Å². The fraction of sp³-hybridized carbons (Fsp3) is 0.556. The van der Waals surface area contributed by atoms with Gasteiger partial charge in [-0.25, -0.2) is 9.89 Å². The van der Waals surface area contributed by atoms with Crippen molar-refractivity contribution in [2.75, 3.05) is 19.5 Å². The SMILES string of the molecule is C=CCn1c(SCCCOC)n[nH]c1=O. The maximum Gasteiger partial charge on any atom is 0.344 e. The largest absolute Gasteiger partial charge is 0.385 e. The lowest BCUT2D eigenvalue weighted by atomic mass is 10.5. The van der Waals surface area contributed by atoms with E-state index >= 15 is 0 Å². The van der Waals surface area contributed by atoms with Crippen LogP contribution in [-0.2, 0) is 11.3 Å². The molecule has 1 N–H and O–H groups in total. The second-order valence-electron chi connectivity index (χ2n) is 2.91. The van der Waals surface area contributed by atoms with Crippen LogP contribution in [0.25, 0.3) is 0 Å². The van der Waals surface area contributed by atoms with Crippen molar-refractivity contribution >= 4 is 11.8 Å². The number of allylic oxidation sites excluding steroid dienone is 1. The summed E-state index contributed by atoms with van der Waals surface area (Å²) in [5.74, 6) is 0.884. The number of thioether (sulfide) groups is 1. The molecule has 1 heterocycles. The molecule has 0 radical (unpaired) electrons. The van der Waals surface area contributed by atoms with Gasteiger partial charge in [-0.2, -0.15) is 0 Å². The summed E-state index contributed by atoms with van der Waals surface area (Å²) in [5.41, 5.74) is -0.191. The first kappa shape index (κ1) is 12.1. The summed E-state index contributed by atoms with van der Waals surface area (Å²) in [4.78, 5) is 11.3. The van der Waals surface area contributed by atoms with Crippen LogP contribution in [0.5, 0.6) is 0 Å². The van der Waals surface area contributed by atoms with Gasteiger partial charge in [-0.1, -0.05) is 17.8 Å². The summed E-state index contributed by atoms with van der Waals surface area (Å²) >= 11 is 1.54. The monoisotopic (exact) mass is 229 g/mol. The molecule has 0 aromatic carbocycles. The average molecular weight is 229 g/mol. The molecule has 15 heavy (non-hydrogen) atoms. The van der Waals surface area contributed by atoms with Gasteiger partial charge in [-0.05, 0) is 6.42 Å². The molecule has 1 rings (SSSR count). The molecule has 0 aliphatic heterocycles. The number of methoxy groups -OCH3 is 1. The number of rotatable bonds is 7. The summed E-state index contributed by atoms with van der Waals surface area (Å²) in [5, 5.41) is 7.06. The third kappa shape index (κ3) is 3.56. The summed E-state index contributed by atoms with van der Waals surface area (Å²) in [7, 11) is 1.67. The molecule has 0 unspecified atom stereocenters. The third-order valence-electron chi connectivity index (χ3n) is 1.76. The van der Waals surface area contributed by atoms with Crippen LogP contribution in [0.1, 0.15) is 6.42 Å². The Morgan fingerprint density at radius 1 is 1.73 bits per heavy atom. The van der Waals surface area contributed by atoms with Crippen molar-refractivity contribution in [3.05, 3.63) is 23.1 Å². The normalized spacial score (nSPS) is 10.5. The molecule has 0 saturated carbocycles. The van der Waals surface area contributed by atoms with Crippen molar-refractivity contribution in [3.63, 3.8) is 0 Å². The number of hydrogen-bond donors (Lipinski definition) is 1. The van der Waals surface area contributed by atoms with Gasteiger partial charge >= 0.3 is 5.69 Å². The zero-order chi connectivity index (χ0) is 11.1. The molecule has 0 bridgehead atoms. The minimum Gasteiger partial charge on any atom is -0.385 e. The zero-order valence-electron chi connectivity index (χ0n) is 8.73. The summed E-state index contributed by atoms with van der Waals surface area (Å²) in [6.07, 6.45) is 2.62. The van der Waals surface area contributed by atoms with E-state index in [9.17, 15) is 4.79 Å². The Morgan fingerprint density at radius 2 is 2.53 bits per heavy atom. The van der Waals surface area contributed by atoms with Crippen LogP contribution in [0.15, 0.2) is 22.6 Å². The molecule has 0 saturated heterocycles. The maximum absolute atomic E-state index is 11.3. The highest BCUT2D eigenvalue weighted by Crippen LogP contribution is 2.13. The van der Waals surface area contributed by atoms with Crippen LogP contribution in [0, 0.1) is 0 Å². The molecule has 1 aromatic heterocycles. The number of aromatic nitrogens is 3. The van der Waals surface area contributed by atoms with Crippen molar-refractivity contribution in [3.8, 4) is 0 Å². The minimum atomic E-state index is -0.191. The molecule has 0 aliphatic rings. The van der Waals surface area contributed by atoms with Crippen molar-refractivity contribution in [1.29, 1.82) is 0 Å². The Morgan fingerprint density at radius 3 is 3.20 bits per heavy atom. The topological polar surface area (TPSA) is 59.9 Å². The fourth-order valence-electron chi connectivity index (χ4n) is 1.07. The van der Waals surface area contributed by atoms with Crippen molar-refractivity contribution in [1.82, 2.24) is 14.8 Å². The van der Waals surface area contributed by atoms with Gasteiger partial charge in [-0.15, -0.1) is 11.7 Å². The van der Waals surface area contributed by atoms with Crippen LogP contribution in [0.3, 0.4) is 0 Å². The molecule has 0 fully saturated rings. The van der Waals surface area contributed by atoms with E-state index in [1.807, 2.05) is 0 Å². The van der Waals surface area contributed by atoms with E-state index in [1.54, 1.807) is 29.5 Å². The minimum absolute atomic E-state index is 0.191. The fourth-order valence-corrected chi connectivity index (χ4v) is 1.94. The second-order valence-corrected chi connectivity index (χ2v) is 3.97. The predicted molar refractivity (Wildman–Crippen MR) is 60.3 cm³/mol. The Labute approximate surface area is 92.5 Å². The Hall–Kier alpha value is -1.01. The maximum atomic E-state index is 11.3. The van der Waals surface area contributed by atoms with Gasteiger partial charge in [0.15, 0.2) is 5.16 Å². The summed E-state index contributed by atoms with van der Waals surface area (Å²) < 4.78 is 6.50. The zero-order valence-corrected chi connectivity index (χ0v) is 9.55. The highest BCUT2D eigenvalue weighted by atomic mass is 32.2. The summed E-state index contributed by atoms with van der Waals surface area (Å²) in [6, 6.07) is 0. The molecule has 84 valence electrons. The van der Waals surface area contributed by atoms with E-state index in [0.29, 0.717) is 11.7 Å². The second kappa shape index (κ2) is 6.47. The molecule has 0 atom stereocenters. The van der Waals surface area contributed by atoms with Gasteiger partial charge in [0.2, 0.25) is 0 Å². The number of H-pyrrole nitrogens is 1. The first-order valence-corrected chi connectivity index (χ1v) is 5.66. The predicted octanol–water partition coefficient (Wildman–Crippen LogP) is 0.886. The number of nitrogens with zero attached hydrogens (tertiary/aromatic N) is 2. The lowest BCUT2D eigenvalue weighted by molar-refractivity contribution is 0.200. The highest BCUT2D eigenvalue weighted by molar-refractivity contribution is 7.99. The standard InChI is InChI=1S/C9H15N3O2S/c1-3-5-12-8(13)10-11-9(12)15-7-4-6-14-2/h3H,1,4-7H2,2H3,(H,10,13). The van der Waals surface area contributed by atoms with Gasteiger partial charge in [0, 0.05) is 26.0 Å². The number of aromatic amines is 1. The Kier molecular flexibility index (Phi) is 5.20. The first-order chi connectivity index (χ1) is 7.29. The third-order valence-corrected chi connectivity index (χ3v) is 2.82. The van der Waals surface area contributed by atoms with E-state index < -0.39 is 0 Å². The van der Waals surface area contributed by atoms with Crippen LogP contribution < -0.4 is 5.69 Å². The summed E-state index contributed by atoms with van der Waals surface area (Å²) in [6.45, 7) is 4.81. The van der Waals surface area contributed by atoms with Gasteiger partial charge < -0.3 is 4.74 Å². The van der Waals surface area contributed by atoms with E-state index in [2.05, 4.69) is 16.8 Å². The number of nitrogens with one attached hydrogen (secondary N) is 1. The molecule has 1 aromatic rings. The van der Waals surface area contributed by atoms with Crippen molar-refractivity contribution < 1.29 is 4.74 Å².